The van der Waals surface area contributed by atoms with E-state index >= 15 is 0 Å². The lowest BCUT2D eigenvalue weighted by molar-refractivity contribution is 0.00578. The van der Waals surface area contributed by atoms with E-state index in [0.717, 1.165) is 22.4 Å². The van der Waals surface area contributed by atoms with Crippen molar-refractivity contribution in [1.29, 1.82) is 0 Å². The molecule has 1 saturated heterocycles. The van der Waals surface area contributed by atoms with Crippen LogP contribution in [0, 0.1) is 0 Å². The van der Waals surface area contributed by atoms with Gasteiger partial charge in [-0.3, -0.25) is 0 Å². The Morgan fingerprint density at radius 3 is 2.14 bits per heavy atom. The van der Waals surface area contributed by atoms with Crippen molar-refractivity contribution in [3.63, 3.8) is 0 Å². The van der Waals surface area contributed by atoms with Crippen molar-refractivity contribution in [2.45, 2.75) is 78.6 Å². The largest absolute Gasteiger partial charge is 0.494 e. The van der Waals surface area contributed by atoms with Crippen molar-refractivity contribution < 1.29 is 18.8 Å². The maximum atomic E-state index is 12.5. The van der Waals surface area contributed by atoms with Crippen LogP contribution in [0.15, 0.2) is 30.3 Å². The van der Waals surface area contributed by atoms with Crippen LogP contribution >= 0.6 is 0 Å². The smallest absolute Gasteiger partial charge is 0.442 e. The summed E-state index contributed by atoms with van der Waals surface area (Å²) < 4.78 is 19.0. The lowest BCUT2D eigenvalue weighted by Gasteiger charge is -2.32. The molecule has 156 valence electrons. The van der Waals surface area contributed by atoms with E-state index in [1.165, 1.54) is 4.68 Å². The Hall–Kier alpha value is -2.12. The minimum Gasteiger partial charge on any atom is -0.442 e. The van der Waals surface area contributed by atoms with Crippen molar-refractivity contribution in [2.24, 2.45) is 0 Å². The van der Waals surface area contributed by atoms with Crippen LogP contribution in [0.2, 0.25) is 0 Å². The second-order valence-corrected chi connectivity index (χ2v) is 9.48. The van der Waals surface area contributed by atoms with Gasteiger partial charge in [0.25, 0.3) is 0 Å². The van der Waals surface area contributed by atoms with E-state index < -0.39 is 18.8 Å². The molecule has 1 fully saturated rings. The normalized spacial score (nSPS) is 18.1. The van der Waals surface area contributed by atoms with Gasteiger partial charge in [0.15, 0.2) is 0 Å². The van der Waals surface area contributed by atoms with Gasteiger partial charge < -0.3 is 14.0 Å². The molecule has 1 aromatic heterocycles. The van der Waals surface area contributed by atoms with Crippen LogP contribution in [-0.4, -0.2) is 39.8 Å². The summed E-state index contributed by atoms with van der Waals surface area (Å²) in [5.74, 6) is 0. The number of carbonyl (C=O) groups is 1. The van der Waals surface area contributed by atoms with Crippen LogP contribution in [0.1, 0.15) is 61.1 Å². The van der Waals surface area contributed by atoms with Crippen molar-refractivity contribution in [3.8, 4) is 11.3 Å². The van der Waals surface area contributed by atoms with Gasteiger partial charge in [0.2, 0.25) is 0 Å². The number of benzene rings is 1. The van der Waals surface area contributed by atoms with Gasteiger partial charge in [-0.1, -0.05) is 31.2 Å². The van der Waals surface area contributed by atoms with Gasteiger partial charge in [-0.05, 0) is 66.4 Å². The van der Waals surface area contributed by atoms with E-state index in [9.17, 15) is 4.79 Å². The Morgan fingerprint density at radius 2 is 1.66 bits per heavy atom. The number of hydrogen-bond acceptors (Lipinski definition) is 5. The summed E-state index contributed by atoms with van der Waals surface area (Å²) in [7, 11) is -0.403. The van der Waals surface area contributed by atoms with E-state index in [1.807, 2.05) is 85.7 Å². The summed E-state index contributed by atoms with van der Waals surface area (Å²) in [5, 5.41) is 4.49. The fourth-order valence-electron chi connectivity index (χ4n) is 3.07. The minimum absolute atomic E-state index is 0.376. The molecule has 1 aromatic carbocycles. The first-order valence-corrected chi connectivity index (χ1v) is 10.1. The Bertz CT molecular complexity index is 879. The summed E-state index contributed by atoms with van der Waals surface area (Å²) >= 11 is 0. The number of aryl methyl sites for hydroxylation is 1. The van der Waals surface area contributed by atoms with E-state index in [0.29, 0.717) is 6.42 Å². The predicted octanol–water partition coefficient (Wildman–Crippen LogP) is 4.19. The van der Waals surface area contributed by atoms with E-state index in [1.54, 1.807) is 0 Å². The molecule has 29 heavy (non-hydrogen) atoms. The van der Waals surface area contributed by atoms with E-state index in [4.69, 9.17) is 14.0 Å². The van der Waals surface area contributed by atoms with E-state index in [-0.39, 0.29) is 11.2 Å². The van der Waals surface area contributed by atoms with Crippen molar-refractivity contribution in [1.82, 2.24) is 9.78 Å². The summed E-state index contributed by atoms with van der Waals surface area (Å²) in [5.41, 5.74) is 2.09. The Labute approximate surface area is 173 Å². The summed E-state index contributed by atoms with van der Waals surface area (Å²) in [6.07, 6.45) is 0.215. The standard InChI is InChI=1S/C22H31BN2O4/c1-9-17-14-18(24-25(17)19(26)27-20(2,3)4)15-10-12-16(13-11-15)23-28-21(5,6)22(7,8)29-23/h10-14H,9H2,1-8H3. The van der Waals surface area contributed by atoms with Crippen molar-refractivity contribution >= 4 is 18.7 Å². The SMILES string of the molecule is CCc1cc(-c2ccc(B3OC(C)(C)C(C)(C)O3)cc2)nn1C(=O)OC(C)(C)C. The van der Waals surface area contributed by atoms with Crippen LogP contribution in [0.4, 0.5) is 4.79 Å². The monoisotopic (exact) mass is 398 g/mol. The molecule has 0 N–H and O–H groups in total. The highest BCUT2D eigenvalue weighted by atomic mass is 16.7. The third-order valence-electron chi connectivity index (χ3n) is 5.44. The zero-order valence-electron chi connectivity index (χ0n) is 18.7. The molecular weight excluding hydrogens is 367 g/mol. The molecule has 7 heteroatoms. The van der Waals surface area contributed by atoms with Gasteiger partial charge in [-0.25, -0.2) is 4.79 Å². The number of nitrogens with zero attached hydrogens (tertiary/aromatic N) is 2. The van der Waals surface area contributed by atoms with Gasteiger partial charge in [0, 0.05) is 5.56 Å². The molecule has 1 aliphatic rings. The number of rotatable bonds is 3. The molecule has 1 aliphatic heterocycles. The summed E-state index contributed by atoms with van der Waals surface area (Å²) in [4.78, 5) is 12.5. The van der Waals surface area contributed by atoms with Crippen LogP contribution in [0.5, 0.6) is 0 Å². The second-order valence-electron chi connectivity index (χ2n) is 9.48. The fourth-order valence-corrected chi connectivity index (χ4v) is 3.07. The van der Waals surface area contributed by atoms with Crippen LogP contribution in [-0.2, 0) is 20.5 Å². The third kappa shape index (κ3) is 4.41. The average Bonchev–Trinajstić information content (AvgIpc) is 3.12. The number of ether oxygens (including phenoxy) is 1. The molecule has 2 aromatic rings. The highest BCUT2D eigenvalue weighted by Gasteiger charge is 2.51. The molecule has 0 unspecified atom stereocenters. The lowest BCUT2D eigenvalue weighted by atomic mass is 9.79. The number of aromatic nitrogens is 2. The molecule has 0 amide bonds. The van der Waals surface area contributed by atoms with Crippen molar-refractivity contribution in [3.05, 3.63) is 36.0 Å². The molecular formula is C22H31BN2O4. The highest BCUT2D eigenvalue weighted by molar-refractivity contribution is 6.62. The Morgan fingerprint density at radius 1 is 1.10 bits per heavy atom. The topological polar surface area (TPSA) is 62.6 Å². The first-order valence-electron chi connectivity index (χ1n) is 10.1. The molecule has 0 bridgehead atoms. The zero-order chi connectivity index (χ0) is 21.6. The summed E-state index contributed by atoms with van der Waals surface area (Å²) in [6.45, 7) is 15.7. The molecule has 0 saturated carbocycles. The van der Waals surface area contributed by atoms with Crippen LogP contribution in [0.3, 0.4) is 0 Å². The average molecular weight is 398 g/mol. The highest BCUT2D eigenvalue weighted by Crippen LogP contribution is 2.36. The molecule has 2 heterocycles. The van der Waals surface area contributed by atoms with Crippen molar-refractivity contribution in [2.75, 3.05) is 0 Å². The first-order chi connectivity index (χ1) is 13.3. The second kappa shape index (κ2) is 7.29. The third-order valence-corrected chi connectivity index (χ3v) is 5.44. The van der Waals surface area contributed by atoms with Crippen LogP contribution < -0.4 is 5.46 Å². The molecule has 0 atom stereocenters. The number of carbonyl (C=O) groups excluding carboxylic acids is 1. The van der Waals surface area contributed by atoms with Gasteiger partial charge in [-0.2, -0.15) is 9.78 Å². The Balaban J connectivity index is 1.83. The maximum Gasteiger partial charge on any atom is 0.494 e. The first kappa shape index (κ1) is 21.6. The summed E-state index contributed by atoms with van der Waals surface area (Å²) in [6, 6.07) is 9.84. The zero-order valence-corrected chi connectivity index (χ0v) is 18.7. The Kier molecular flexibility index (Phi) is 5.43. The quantitative estimate of drug-likeness (QED) is 0.726. The van der Waals surface area contributed by atoms with Crippen LogP contribution in [0.25, 0.3) is 11.3 Å². The predicted molar refractivity (Wildman–Crippen MR) is 114 cm³/mol. The minimum atomic E-state index is -0.571. The fraction of sp³-hybridized carbons (Fsp3) is 0.545. The molecule has 3 rings (SSSR count). The number of hydrogen-bond donors (Lipinski definition) is 0. The van der Waals surface area contributed by atoms with Gasteiger partial charge in [0.1, 0.15) is 5.60 Å². The van der Waals surface area contributed by atoms with Gasteiger partial charge in [0.05, 0.1) is 22.6 Å². The molecule has 6 nitrogen and oxygen atoms in total. The lowest BCUT2D eigenvalue weighted by Crippen LogP contribution is -2.41. The molecule has 0 spiro atoms. The molecule has 0 radical (unpaired) electrons. The van der Waals surface area contributed by atoms with E-state index in [2.05, 4.69) is 5.10 Å². The van der Waals surface area contributed by atoms with Gasteiger partial charge in [-0.15, -0.1) is 0 Å². The molecule has 0 aliphatic carbocycles. The maximum absolute atomic E-state index is 12.5. The van der Waals surface area contributed by atoms with Gasteiger partial charge >= 0.3 is 13.2 Å².